The lowest BCUT2D eigenvalue weighted by Gasteiger charge is -2.40. The van der Waals surface area contributed by atoms with E-state index < -0.39 is 5.60 Å². The van der Waals surface area contributed by atoms with Gasteiger partial charge in [-0.3, -0.25) is 4.90 Å². The number of hydrogen-bond acceptors (Lipinski definition) is 4. The lowest BCUT2D eigenvalue weighted by Crippen LogP contribution is -2.55. The first kappa shape index (κ1) is 26.1. The predicted molar refractivity (Wildman–Crippen MR) is 133 cm³/mol. The summed E-state index contributed by atoms with van der Waals surface area (Å²) in [5.74, 6) is 1.32. The summed E-state index contributed by atoms with van der Waals surface area (Å²) < 4.78 is 0. The van der Waals surface area contributed by atoms with E-state index in [1.54, 1.807) is 0 Å². The van der Waals surface area contributed by atoms with Crippen LogP contribution in [0, 0.1) is 5.92 Å². The monoisotopic (exact) mass is 517 g/mol. The smallest absolute Gasteiger partial charge is 0.191 e. The van der Waals surface area contributed by atoms with Gasteiger partial charge in [-0.25, -0.2) is 4.99 Å². The van der Waals surface area contributed by atoms with E-state index >= 15 is 0 Å². The molecule has 0 aromatic heterocycles. The molecule has 1 aliphatic heterocycles. The van der Waals surface area contributed by atoms with E-state index in [4.69, 9.17) is 0 Å². The standard InChI is InChI=1S/C22H39N5O.HI/c1-6-23-21(25-17-22(4,28)19-10-8-7-9-11-19)24-16-20(18(2)3)27-14-12-26(5)13-15-27;/h7-11,18,20,28H,6,12-17H2,1-5H3,(H2,23,24,25);1H. The molecule has 1 aliphatic rings. The molecule has 0 spiro atoms. The minimum atomic E-state index is -0.988. The zero-order valence-electron chi connectivity index (χ0n) is 18.7. The van der Waals surface area contributed by atoms with Gasteiger partial charge >= 0.3 is 0 Å². The van der Waals surface area contributed by atoms with Gasteiger partial charge in [0.05, 0.1) is 6.54 Å². The number of likely N-dealkylation sites (N-methyl/N-ethyl adjacent to an activating group) is 1. The van der Waals surface area contributed by atoms with Crippen LogP contribution in [-0.4, -0.2) is 79.8 Å². The van der Waals surface area contributed by atoms with Crippen molar-refractivity contribution in [2.75, 3.05) is 52.9 Å². The average molecular weight is 518 g/mol. The van der Waals surface area contributed by atoms with Crippen molar-refractivity contribution >= 4 is 29.9 Å². The maximum absolute atomic E-state index is 10.8. The highest BCUT2D eigenvalue weighted by Gasteiger charge is 2.26. The van der Waals surface area contributed by atoms with Crippen LogP contribution in [0.2, 0.25) is 0 Å². The van der Waals surface area contributed by atoms with Gasteiger partial charge in [-0.15, -0.1) is 24.0 Å². The highest BCUT2D eigenvalue weighted by atomic mass is 127. The maximum Gasteiger partial charge on any atom is 0.191 e. The Kier molecular flexibility index (Phi) is 11.5. The van der Waals surface area contributed by atoms with Crippen molar-refractivity contribution in [2.45, 2.75) is 39.3 Å². The lowest BCUT2D eigenvalue weighted by molar-refractivity contribution is 0.0671. The number of hydrogen-bond donors (Lipinski definition) is 3. The van der Waals surface area contributed by atoms with E-state index in [1.807, 2.05) is 37.3 Å². The van der Waals surface area contributed by atoms with Gasteiger partial charge in [0.15, 0.2) is 5.96 Å². The van der Waals surface area contributed by atoms with Crippen molar-refractivity contribution in [3.63, 3.8) is 0 Å². The molecule has 166 valence electrons. The predicted octanol–water partition coefficient (Wildman–Crippen LogP) is 2.34. The molecule has 1 aromatic rings. The third-order valence-corrected chi connectivity index (χ3v) is 5.54. The van der Waals surface area contributed by atoms with Crippen LogP contribution in [0.5, 0.6) is 0 Å². The molecule has 1 fully saturated rings. The SMILES string of the molecule is CCNC(=NCC(C)(O)c1ccccc1)NCC(C(C)C)N1CCN(C)CC1.I. The largest absolute Gasteiger partial charge is 0.384 e. The third-order valence-electron chi connectivity index (χ3n) is 5.54. The van der Waals surface area contributed by atoms with E-state index in [1.165, 1.54) is 0 Å². The zero-order chi connectivity index (χ0) is 20.6. The Bertz CT molecular complexity index is 600. The molecule has 6 nitrogen and oxygen atoms in total. The minimum absolute atomic E-state index is 0. The molecule has 2 rings (SSSR count). The summed E-state index contributed by atoms with van der Waals surface area (Å²) in [6.45, 7) is 14.9. The Morgan fingerprint density at radius 1 is 1.14 bits per heavy atom. The fraction of sp³-hybridized carbons (Fsp3) is 0.682. The number of aliphatic hydroxyl groups is 1. The van der Waals surface area contributed by atoms with Crippen molar-refractivity contribution in [1.29, 1.82) is 0 Å². The quantitative estimate of drug-likeness (QED) is 0.281. The van der Waals surface area contributed by atoms with Crippen molar-refractivity contribution in [3.8, 4) is 0 Å². The topological polar surface area (TPSA) is 63.1 Å². The number of nitrogens with one attached hydrogen (secondary N) is 2. The minimum Gasteiger partial charge on any atom is -0.384 e. The molecule has 0 saturated carbocycles. The molecule has 29 heavy (non-hydrogen) atoms. The number of rotatable bonds is 8. The number of benzene rings is 1. The molecular weight excluding hydrogens is 477 g/mol. The van der Waals surface area contributed by atoms with Crippen LogP contribution < -0.4 is 10.6 Å². The first-order valence-electron chi connectivity index (χ1n) is 10.6. The first-order chi connectivity index (χ1) is 13.3. The van der Waals surface area contributed by atoms with Crippen LogP contribution in [0.1, 0.15) is 33.3 Å². The number of aliphatic imine (C=N–C) groups is 1. The molecule has 2 atom stereocenters. The van der Waals surface area contributed by atoms with Gasteiger partial charge in [0.1, 0.15) is 5.60 Å². The number of piperazine rings is 1. The van der Waals surface area contributed by atoms with Gasteiger partial charge in [-0.2, -0.15) is 0 Å². The second-order valence-electron chi connectivity index (χ2n) is 8.37. The summed E-state index contributed by atoms with van der Waals surface area (Å²) in [6.07, 6.45) is 0. The molecule has 1 aromatic carbocycles. The molecular formula is C22H40IN5O. The van der Waals surface area contributed by atoms with Crippen LogP contribution in [0.25, 0.3) is 0 Å². The first-order valence-corrected chi connectivity index (χ1v) is 10.6. The maximum atomic E-state index is 10.8. The molecule has 0 aliphatic carbocycles. The van der Waals surface area contributed by atoms with Crippen molar-refractivity contribution in [3.05, 3.63) is 35.9 Å². The molecule has 0 radical (unpaired) electrons. The second kappa shape index (κ2) is 12.7. The second-order valence-corrected chi connectivity index (χ2v) is 8.37. The molecule has 3 N–H and O–H groups in total. The number of halogens is 1. The Balaban J connectivity index is 0.00000420. The Morgan fingerprint density at radius 2 is 1.76 bits per heavy atom. The molecule has 0 amide bonds. The summed E-state index contributed by atoms with van der Waals surface area (Å²) >= 11 is 0. The van der Waals surface area contributed by atoms with Crippen LogP contribution in [0.15, 0.2) is 35.3 Å². The van der Waals surface area contributed by atoms with Gasteiger partial charge in [-0.1, -0.05) is 44.2 Å². The van der Waals surface area contributed by atoms with E-state index in [9.17, 15) is 5.11 Å². The van der Waals surface area contributed by atoms with E-state index in [0.717, 1.165) is 50.8 Å². The number of guanidine groups is 1. The van der Waals surface area contributed by atoms with E-state index in [2.05, 4.69) is 53.2 Å². The van der Waals surface area contributed by atoms with Gasteiger partial charge in [0, 0.05) is 45.3 Å². The molecule has 1 heterocycles. The number of nitrogens with zero attached hydrogens (tertiary/aromatic N) is 3. The Hall–Kier alpha value is -0.900. The fourth-order valence-electron chi connectivity index (χ4n) is 3.60. The average Bonchev–Trinajstić information content (AvgIpc) is 2.68. The molecule has 0 bridgehead atoms. The van der Waals surface area contributed by atoms with Crippen molar-refractivity contribution < 1.29 is 5.11 Å². The fourth-order valence-corrected chi connectivity index (χ4v) is 3.60. The lowest BCUT2D eigenvalue weighted by atomic mass is 9.96. The molecule has 2 unspecified atom stereocenters. The summed E-state index contributed by atoms with van der Waals surface area (Å²) in [5.41, 5.74) is -0.106. The molecule has 1 saturated heterocycles. The summed E-state index contributed by atoms with van der Waals surface area (Å²) in [6, 6.07) is 10.2. The summed E-state index contributed by atoms with van der Waals surface area (Å²) in [5, 5.41) is 17.6. The zero-order valence-corrected chi connectivity index (χ0v) is 21.0. The van der Waals surface area contributed by atoms with Gasteiger partial charge in [0.25, 0.3) is 0 Å². The summed E-state index contributed by atoms with van der Waals surface area (Å²) in [7, 11) is 2.19. The van der Waals surface area contributed by atoms with Gasteiger partial charge in [-0.05, 0) is 32.4 Å². The van der Waals surface area contributed by atoms with Crippen LogP contribution in [0.4, 0.5) is 0 Å². The normalized spacial score (nSPS) is 19.3. The third kappa shape index (κ3) is 8.39. The van der Waals surface area contributed by atoms with E-state index in [-0.39, 0.29) is 24.0 Å². The van der Waals surface area contributed by atoms with Crippen LogP contribution >= 0.6 is 24.0 Å². The van der Waals surface area contributed by atoms with Crippen molar-refractivity contribution in [2.24, 2.45) is 10.9 Å². The highest BCUT2D eigenvalue weighted by molar-refractivity contribution is 14.0. The van der Waals surface area contributed by atoms with Gasteiger partial charge < -0.3 is 20.6 Å². The highest BCUT2D eigenvalue weighted by Crippen LogP contribution is 2.20. The van der Waals surface area contributed by atoms with E-state index in [0.29, 0.717) is 18.5 Å². The van der Waals surface area contributed by atoms with Crippen molar-refractivity contribution in [1.82, 2.24) is 20.4 Å². The summed E-state index contributed by atoms with van der Waals surface area (Å²) in [4.78, 5) is 9.64. The van der Waals surface area contributed by atoms with Crippen LogP contribution in [0.3, 0.4) is 0 Å². The van der Waals surface area contributed by atoms with Gasteiger partial charge in [0.2, 0.25) is 0 Å². The molecule has 7 heteroatoms. The van der Waals surface area contributed by atoms with Crippen LogP contribution in [-0.2, 0) is 5.60 Å². The Labute approximate surface area is 194 Å². The Morgan fingerprint density at radius 3 is 2.31 bits per heavy atom.